The van der Waals surface area contributed by atoms with Crippen molar-refractivity contribution in [3.8, 4) is 0 Å². The second-order valence-electron chi connectivity index (χ2n) is 2.88. The summed E-state index contributed by atoms with van der Waals surface area (Å²) in [7, 11) is 0. The number of halogens is 4. The third-order valence-corrected chi connectivity index (χ3v) is 2.88. The maximum Gasteiger partial charge on any atom is -1.00 e. The van der Waals surface area contributed by atoms with Gasteiger partial charge in [-0.25, -0.2) is 0 Å². The number of rotatable bonds is 1. The molecule has 1 fully saturated rings. The molecule has 17 heavy (non-hydrogen) atoms. The molecular formula is C6H12Cl4NO5Pt. The molecule has 0 amide bonds. The molecule has 0 aliphatic carbocycles. The van der Waals surface area contributed by atoms with Crippen molar-refractivity contribution in [2.24, 2.45) is 5.73 Å². The van der Waals surface area contributed by atoms with E-state index >= 15 is 0 Å². The topological polar surface area (TPSA) is 116 Å². The van der Waals surface area contributed by atoms with Crippen LogP contribution in [0.5, 0.6) is 0 Å². The van der Waals surface area contributed by atoms with Crippen LogP contribution >= 0.6 is 0 Å². The van der Waals surface area contributed by atoms with Crippen LogP contribution in [0.3, 0.4) is 0 Å². The molecule has 1 saturated heterocycles. The van der Waals surface area contributed by atoms with Crippen LogP contribution in [0.15, 0.2) is 0 Å². The minimum Gasteiger partial charge on any atom is -1.00 e. The van der Waals surface area contributed by atoms with Gasteiger partial charge in [-0.15, -0.1) is 0 Å². The largest absolute Gasteiger partial charge is 1.00 e. The van der Waals surface area contributed by atoms with Crippen molar-refractivity contribution in [1.29, 1.82) is 0 Å². The monoisotopic (exact) mass is 513 g/mol. The van der Waals surface area contributed by atoms with Gasteiger partial charge in [0.15, 0.2) is 0 Å². The Bertz CT molecular complexity index is 201. The number of aliphatic hydroxyl groups excluding tert-OH is 3. The SMILES string of the molecule is NC[C@H]1O[C@@](O)([Pt+4])[C@H](O)[C@@H](O)[C@@H]1O.[Cl-].[Cl-].[Cl-].[Cl-]. The van der Waals surface area contributed by atoms with Crippen molar-refractivity contribution < 1.29 is 94.6 Å². The molecule has 109 valence electrons. The molecule has 0 unspecified atom stereocenters. The van der Waals surface area contributed by atoms with Gasteiger partial charge in [-0.3, -0.25) is 0 Å². The summed E-state index contributed by atoms with van der Waals surface area (Å²) in [5.41, 5.74) is 5.23. The summed E-state index contributed by atoms with van der Waals surface area (Å²) in [5, 5.41) is 37.3. The van der Waals surface area contributed by atoms with Crippen molar-refractivity contribution >= 4 is 0 Å². The van der Waals surface area contributed by atoms with E-state index < -0.39 is 28.6 Å². The van der Waals surface area contributed by atoms with Crippen molar-refractivity contribution in [1.82, 2.24) is 0 Å². The normalized spacial score (nSPS) is 39.8. The fourth-order valence-corrected chi connectivity index (χ4v) is 1.87. The quantitative estimate of drug-likeness (QED) is 0.237. The predicted octanol–water partition coefficient (Wildman–Crippen LogP) is -15.4. The zero-order valence-corrected chi connectivity index (χ0v) is 13.4. The van der Waals surface area contributed by atoms with Gasteiger partial charge in [0.25, 0.3) is 0 Å². The van der Waals surface area contributed by atoms with Gasteiger partial charge in [0, 0.05) is 0 Å². The van der Waals surface area contributed by atoms with E-state index in [1.807, 2.05) is 0 Å². The van der Waals surface area contributed by atoms with E-state index in [1.54, 1.807) is 0 Å². The van der Waals surface area contributed by atoms with Gasteiger partial charge in [-0.05, 0) is 0 Å². The molecule has 0 spiro atoms. The Morgan fingerprint density at radius 3 is 1.82 bits per heavy atom. The van der Waals surface area contributed by atoms with Gasteiger partial charge in [-0.2, -0.15) is 0 Å². The Labute approximate surface area is 135 Å². The summed E-state index contributed by atoms with van der Waals surface area (Å²) in [6.07, 6.45) is -5.16. The van der Waals surface area contributed by atoms with E-state index in [0.29, 0.717) is 0 Å². The van der Waals surface area contributed by atoms with Crippen LogP contribution in [-0.4, -0.2) is 55.6 Å². The number of hydrogen-bond acceptors (Lipinski definition) is 6. The Hall–Kier alpha value is 1.61. The van der Waals surface area contributed by atoms with E-state index in [4.69, 9.17) is 10.5 Å². The third-order valence-electron chi connectivity index (χ3n) is 1.94. The molecule has 0 aromatic heterocycles. The van der Waals surface area contributed by atoms with Crippen LogP contribution < -0.4 is 55.4 Å². The average molecular weight is 515 g/mol. The zero-order valence-electron chi connectivity index (χ0n) is 8.12. The summed E-state index contributed by atoms with van der Waals surface area (Å²) in [4.78, 5) is 0. The molecule has 6 N–H and O–H groups in total. The van der Waals surface area contributed by atoms with Gasteiger partial charge in [-0.1, -0.05) is 0 Å². The fourth-order valence-electron chi connectivity index (χ4n) is 1.14. The molecule has 1 rings (SSSR count). The van der Waals surface area contributed by atoms with Crippen LogP contribution in [0, 0.1) is 0 Å². The molecule has 0 radical (unpaired) electrons. The summed E-state index contributed by atoms with van der Waals surface area (Å²) in [5.74, 6) is 0. The first kappa shape index (κ1) is 27.0. The van der Waals surface area contributed by atoms with Crippen molar-refractivity contribution in [3.05, 3.63) is 0 Å². The van der Waals surface area contributed by atoms with E-state index in [2.05, 4.69) is 0 Å². The van der Waals surface area contributed by atoms with Gasteiger partial charge in [0.2, 0.25) is 0 Å². The van der Waals surface area contributed by atoms with Gasteiger partial charge in [0.05, 0.1) is 0 Å². The Morgan fingerprint density at radius 2 is 1.47 bits per heavy atom. The molecule has 1 aliphatic rings. The molecule has 1 aliphatic heterocycles. The molecule has 0 aromatic rings. The van der Waals surface area contributed by atoms with Crippen LogP contribution in [0.2, 0.25) is 0 Å². The predicted molar refractivity (Wildman–Crippen MR) is 36.9 cm³/mol. The minimum absolute atomic E-state index is 0. The van der Waals surface area contributed by atoms with E-state index in [9.17, 15) is 20.4 Å². The average Bonchev–Trinajstić information content (AvgIpc) is 2.08. The summed E-state index contributed by atoms with van der Waals surface area (Å²) < 4.78 is 2.98. The van der Waals surface area contributed by atoms with Crippen LogP contribution in [0.25, 0.3) is 0 Å². The van der Waals surface area contributed by atoms with Crippen LogP contribution in [0.1, 0.15) is 0 Å². The van der Waals surface area contributed by atoms with Crippen molar-refractivity contribution in [2.45, 2.75) is 28.6 Å². The number of aliphatic hydroxyl groups is 4. The first-order valence-corrected chi connectivity index (χ1v) is 4.84. The van der Waals surface area contributed by atoms with Gasteiger partial charge >= 0.3 is 85.8 Å². The Kier molecular flexibility index (Phi) is 16.5. The summed E-state index contributed by atoms with van der Waals surface area (Å²) >= 11 is 1.42. The number of hydrogen-bond donors (Lipinski definition) is 5. The fraction of sp³-hybridized carbons (Fsp3) is 1.00. The van der Waals surface area contributed by atoms with E-state index in [1.165, 1.54) is 19.8 Å². The molecule has 0 saturated carbocycles. The number of ether oxygens (including phenoxy) is 1. The molecule has 5 atom stereocenters. The first-order chi connectivity index (χ1) is 5.90. The van der Waals surface area contributed by atoms with Crippen LogP contribution in [-0.2, 0) is 24.6 Å². The van der Waals surface area contributed by atoms with Crippen LogP contribution in [0.4, 0.5) is 0 Å². The molecule has 0 bridgehead atoms. The molecule has 0 aromatic carbocycles. The van der Waals surface area contributed by atoms with E-state index in [0.717, 1.165) is 0 Å². The first-order valence-electron chi connectivity index (χ1n) is 3.70. The third kappa shape index (κ3) is 6.06. The minimum atomic E-state index is -1.90. The van der Waals surface area contributed by atoms with Crippen molar-refractivity contribution in [3.63, 3.8) is 0 Å². The summed E-state index contributed by atoms with van der Waals surface area (Å²) in [6.45, 7) is -0.0450. The number of nitrogens with two attached hydrogens (primary N) is 1. The smallest absolute Gasteiger partial charge is 1.00 e. The summed E-state index contributed by atoms with van der Waals surface area (Å²) in [6, 6.07) is 0. The Morgan fingerprint density at radius 1 is 1.06 bits per heavy atom. The maximum absolute atomic E-state index is 9.42. The van der Waals surface area contributed by atoms with Gasteiger partial charge < -0.3 is 49.6 Å². The maximum atomic E-state index is 9.42. The van der Waals surface area contributed by atoms with Crippen molar-refractivity contribution in [2.75, 3.05) is 6.54 Å². The van der Waals surface area contributed by atoms with E-state index in [-0.39, 0.29) is 56.2 Å². The standard InChI is InChI=1S/C6H12NO5.4ClH.Pt/c7-1-2-3(8)4(9)5(10)6(11)12-2;;;;;/h2-5,8-11H,1,7H2;4*1H;/q;;;;;+4/p-4/t2-,3-,4+,5-;;;;;/m1...../s1. The second-order valence-corrected chi connectivity index (χ2v) is 4.51. The molecule has 1 heterocycles. The molecule has 6 nitrogen and oxygen atoms in total. The zero-order chi connectivity index (χ0) is 10.2. The molecular weight excluding hydrogens is 503 g/mol. The Balaban J connectivity index is -0.000000211. The van der Waals surface area contributed by atoms with Gasteiger partial charge in [0.1, 0.15) is 0 Å². The second kappa shape index (κ2) is 10.4. The molecule has 11 heteroatoms.